The molecule has 0 saturated heterocycles. The molecule has 3 heteroatoms. The zero-order chi connectivity index (χ0) is 13.7. The third-order valence-electron chi connectivity index (χ3n) is 2.89. The third kappa shape index (κ3) is 3.98. The molecule has 0 amide bonds. The fraction of sp³-hybridized carbons (Fsp3) is 0.600. The zero-order valence-corrected chi connectivity index (χ0v) is 12.1. The first-order chi connectivity index (χ1) is 8.45. The molecule has 0 bridgehead atoms. The van der Waals surface area contributed by atoms with Crippen molar-refractivity contribution in [3.8, 4) is 0 Å². The molecule has 0 unspecified atom stereocenters. The largest absolute Gasteiger partial charge is 0.366 e. The van der Waals surface area contributed by atoms with Crippen molar-refractivity contribution in [3.05, 3.63) is 29.6 Å². The molecule has 102 valence electrons. The summed E-state index contributed by atoms with van der Waals surface area (Å²) < 4.78 is 14.2. The SMILES string of the molecule is CNCc1ccc(N(CC(C)C)C(C)C)c(F)c1. The fourth-order valence-corrected chi connectivity index (χ4v) is 2.08. The first-order valence-electron chi connectivity index (χ1n) is 6.65. The molecule has 0 spiro atoms. The summed E-state index contributed by atoms with van der Waals surface area (Å²) in [7, 11) is 1.87. The van der Waals surface area contributed by atoms with Crippen LogP contribution >= 0.6 is 0 Å². The second-order valence-electron chi connectivity index (χ2n) is 5.46. The van der Waals surface area contributed by atoms with Gasteiger partial charge in [-0.1, -0.05) is 19.9 Å². The lowest BCUT2D eigenvalue weighted by Crippen LogP contribution is -2.34. The summed E-state index contributed by atoms with van der Waals surface area (Å²) in [5.41, 5.74) is 1.69. The Balaban J connectivity index is 2.98. The quantitative estimate of drug-likeness (QED) is 0.834. The number of benzene rings is 1. The van der Waals surface area contributed by atoms with Gasteiger partial charge in [0.1, 0.15) is 5.82 Å². The Morgan fingerprint density at radius 2 is 1.89 bits per heavy atom. The van der Waals surface area contributed by atoms with Gasteiger partial charge in [0.25, 0.3) is 0 Å². The highest BCUT2D eigenvalue weighted by molar-refractivity contribution is 5.50. The fourth-order valence-electron chi connectivity index (χ4n) is 2.08. The van der Waals surface area contributed by atoms with Gasteiger partial charge < -0.3 is 10.2 Å². The second-order valence-corrected chi connectivity index (χ2v) is 5.46. The van der Waals surface area contributed by atoms with Crippen LogP contribution in [0, 0.1) is 11.7 Å². The molecule has 0 aliphatic heterocycles. The Morgan fingerprint density at radius 3 is 2.33 bits per heavy atom. The van der Waals surface area contributed by atoms with Crippen LogP contribution in [-0.4, -0.2) is 19.6 Å². The van der Waals surface area contributed by atoms with E-state index in [0.717, 1.165) is 12.1 Å². The minimum atomic E-state index is -0.128. The molecule has 18 heavy (non-hydrogen) atoms. The van der Waals surface area contributed by atoms with Gasteiger partial charge in [0, 0.05) is 19.1 Å². The molecule has 0 aliphatic carbocycles. The molecule has 1 N–H and O–H groups in total. The van der Waals surface area contributed by atoms with Crippen molar-refractivity contribution in [2.45, 2.75) is 40.3 Å². The summed E-state index contributed by atoms with van der Waals surface area (Å²) in [6.45, 7) is 10.1. The summed E-state index contributed by atoms with van der Waals surface area (Å²) in [4.78, 5) is 2.13. The summed E-state index contributed by atoms with van der Waals surface area (Å²) in [5, 5.41) is 3.03. The average molecular weight is 252 g/mol. The molecule has 0 aromatic heterocycles. The highest BCUT2D eigenvalue weighted by Gasteiger charge is 2.16. The Labute approximate surface area is 110 Å². The van der Waals surface area contributed by atoms with E-state index < -0.39 is 0 Å². The van der Waals surface area contributed by atoms with Crippen LogP contribution in [0.3, 0.4) is 0 Å². The lowest BCUT2D eigenvalue weighted by atomic mass is 10.1. The van der Waals surface area contributed by atoms with Crippen LogP contribution in [0.15, 0.2) is 18.2 Å². The highest BCUT2D eigenvalue weighted by atomic mass is 19.1. The maximum Gasteiger partial charge on any atom is 0.146 e. The Morgan fingerprint density at radius 1 is 1.22 bits per heavy atom. The van der Waals surface area contributed by atoms with Crippen LogP contribution in [-0.2, 0) is 6.54 Å². The van der Waals surface area contributed by atoms with Crippen molar-refractivity contribution in [1.29, 1.82) is 0 Å². The van der Waals surface area contributed by atoms with Gasteiger partial charge in [-0.25, -0.2) is 4.39 Å². The number of halogens is 1. The third-order valence-corrected chi connectivity index (χ3v) is 2.89. The van der Waals surface area contributed by atoms with Gasteiger partial charge in [0.05, 0.1) is 5.69 Å². The molecule has 0 radical (unpaired) electrons. The maximum atomic E-state index is 14.2. The van der Waals surface area contributed by atoms with Crippen molar-refractivity contribution in [2.24, 2.45) is 5.92 Å². The van der Waals surface area contributed by atoms with E-state index in [-0.39, 0.29) is 5.82 Å². The Hall–Kier alpha value is -1.09. The van der Waals surface area contributed by atoms with Gasteiger partial charge in [-0.05, 0) is 44.5 Å². The van der Waals surface area contributed by atoms with Crippen LogP contribution in [0.5, 0.6) is 0 Å². The van der Waals surface area contributed by atoms with Crippen LogP contribution in [0.25, 0.3) is 0 Å². The average Bonchev–Trinajstić information content (AvgIpc) is 2.26. The van der Waals surface area contributed by atoms with Gasteiger partial charge >= 0.3 is 0 Å². The molecule has 0 aliphatic rings. The smallest absolute Gasteiger partial charge is 0.146 e. The second kappa shape index (κ2) is 6.74. The number of nitrogens with one attached hydrogen (secondary N) is 1. The van der Waals surface area contributed by atoms with E-state index in [9.17, 15) is 4.39 Å². The minimum Gasteiger partial charge on any atom is -0.366 e. The van der Waals surface area contributed by atoms with E-state index in [1.807, 2.05) is 19.2 Å². The summed E-state index contributed by atoms with van der Waals surface area (Å²) >= 11 is 0. The Bertz CT molecular complexity index is 375. The number of hydrogen-bond donors (Lipinski definition) is 1. The highest BCUT2D eigenvalue weighted by Crippen LogP contribution is 2.23. The summed E-state index contributed by atoms with van der Waals surface area (Å²) in [5.74, 6) is 0.390. The van der Waals surface area contributed by atoms with Gasteiger partial charge in [0.2, 0.25) is 0 Å². The minimum absolute atomic E-state index is 0.128. The van der Waals surface area contributed by atoms with E-state index in [1.54, 1.807) is 6.07 Å². The topological polar surface area (TPSA) is 15.3 Å². The van der Waals surface area contributed by atoms with Gasteiger partial charge in [-0.3, -0.25) is 0 Å². The van der Waals surface area contributed by atoms with Crippen molar-refractivity contribution >= 4 is 5.69 Å². The van der Waals surface area contributed by atoms with E-state index in [2.05, 4.69) is 37.9 Å². The van der Waals surface area contributed by atoms with Crippen LogP contribution < -0.4 is 10.2 Å². The molecular weight excluding hydrogens is 227 g/mol. The van der Waals surface area contributed by atoms with Crippen molar-refractivity contribution in [2.75, 3.05) is 18.5 Å². The summed E-state index contributed by atoms with van der Waals surface area (Å²) in [6, 6.07) is 5.81. The molecule has 2 nitrogen and oxygen atoms in total. The van der Waals surface area contributed by atoms with E-state index in [1.165, 1.54) is 0 Å². The molecule has 1 aromatic carbocycles. The van der Waals surface area contributed by atoms with Crippen LogP contribution in [0.1, 0.15) is 33.3 Å². The van der Waals surface area contributed by atoms with E-state index in [4.69, 9.17) is 0 Å². The van der Waals surface area contributed by atoms with E-state index >= 15 is 0 Å². The molecule has 0 fully saturated rings. The molecule has 0 atom stereocenters. The number of rotatable bonds is 6. The number of hydrogen-bond acceptors (Lipinski definition) is 2. The normalized spacial score (nSPS) is 11.3. The van der Waals surface area contributed by atoms with Crippen molar-refractivity contribution in [3.63, 3.8) is 0 Å². The molecule has 1 aromatic rings. The monoisotopic (exact) mass is 252 g/mol. The maximum absolute atomic E-state index is 14.2. The van der Waals surface area contributed by atoms with Gasteiger partial charge in [-0.15, -0.1) is 0 Å². The lowest BCUT2D eigenvalue weighted by molar-refractivity contribution is 0.549. The van der Waals surface area contributed by atoms with Gasteiger partial charge in [0.15, 0.2) is 0 Å². The number of nitrogens with zero attached hydrogens (tertiary/aromatic N) is 1. The van der Waals surface area contributed by atoms with E-state index in [0.29, 0.717) is 24.2 Å². The molecular formula is C15H25FN2. The zero-order valence-electron chi connectivity index (χ0n) is 12.1. The Kier molecular flexibility index (Phi) is 5.60. The van der Waals surface area contributed by atoms with Crippen LogP contribution in [0.2, 0.25) is 0 Å². The first kappa shape index (κ1) is 15.0. The number of anilines is 1. The molecule has 0 saturated carbocycles. The molecule has 0 heterocycles. The lowest BCUT2D eigenvalue weighted by Gasteiger charge is -2.31. The van der Waals surface area contributed by atoms with Gasteiger partial charge in [-0.2, -0.15) is 0 Å². The van der Waals surface area contributed by atoms with Crippen molar-refractivity contribution < 1.29 is 4.39 Å². The first-order valence-corrected chi connectivity index (χ1v) is 6.65. The van der Waals surface area contributed by atoms with Crippen LogP contribution in [0.4, 0.5) is 10.1 Å². The summed E-state index contributed by atoms with van der Waals surface area (Å²) in [6.07, 6.45) is 0. The predicted molar refractivity (Wildman–Crippen MR) is 76.5 cm³/mol. The standard InChI is InChI=1S/C15H25FN2/c1-11(2)10-18(12(3)4)15-7-6-13(9-17-5)8-14(15)16/h6-8,11-12,17H,9-10H2,1-5H3. The predicted octanol–water partition coefficient (Wildman–Crippen LogP) is 3.42. The molecule has 1 rings (SSSR count). The van der Waals surface area contributed by atoms with Crippen molar-refractivity contribution in [1.82, 2.24) is 5.32 Å².